The highest BCUT2D eigenvalue weighted by atomic mass is 35.5. The molecule has 0 aliphatic heterocycles. The van der Waals surface area contributed by atoms with E-state index in [0.29, 0.717) is 35.4 Å². The summed E-state index contributed by atoms with van der Waals surface area (Å²) in [6.45, 7) is 4.70. The van der Waals surface area contributed by atoms with E-state index in [0.717, 1.165) is 11.6 Å². The van der Waals surface area contributed by atoms with Crippen molar-refractivity contribution < 1.29 is 4.79 Å². The molecule has 9 heteroatoms. The summed E-state index contributed by atoms with van der Waals surface area (Å²) < 4.78 is 1.89. The molecular weight excluding hydrogens is 366 g/mol. The third-order valence-corrected chi connectivity index (χ3v) is 3.97. The molecule has 27 heavy (non-hydrogen) atoms. The van der Waals surface area contributed by atoms with Crippen molar-refractivity contribution in [3.63, 3.8) is 0 Å². The van der Waals surface area contributed by atoms with Crippen LogP contribution in [0.4, 0.5) is 16.3 Å². The Labute approximate surface area is 162 Å². The van der Waals surface area contributed by atoms with Crippen LogP contribution in [0.15, 0.2) is 42.7 Å². The lowest BCUT2D eigenvalue weighted by atomic mass is 10.3. The highest BCUT2D eigenvalue weighted by Gasteiger charge is 2.06. The fourth-order valence-corrected chi connectivity index (χ4v) is 2.59. The van der Waals surface area contributed by atoms with Gasteiger partial charge in [-0.2, -0.15) is 0 Å². The SMILES string of the molecule is Cc1nc(NCCNC(=O)Nc2ccc(Cl)cc2)cc(-n2ccnc2C)n1. The van der Waals surface area contributed by atoms with Crippen LogP contribution in [0, 0.1) is 13.8 Å². The second kappa shape index (κ2) is 8.50. The van der Waals surface area contributed by atoms with E-state index >= 15 is 0 Å². The van der Waals surface area contributed by atoms with Gasteiger partial charge in [-0.15, -0.1) is 0 Å². The Hall–Kier alpha value is -3.13. The first kappa shape index (κ1) is 18.7. The van der Waals surface area contributed by atoms with E-state index < -0.39 is 0 Å². The van der Waals surface area contributed by atoms with Gasteiger partial charge >= 0.3 is 6.03 Å². The van der Waals surface area contributed by atoms with Crippen molar-refractivity contribution >= 4 is 29.1 Å². The molecule has 3 rings (SSSR count). The minimum absolute atomic E-state index is 0.285. The predicted octanol–water partition coefficient (Wildman–Crippen LogP) is 3.17. The van der Waals surface area contributed by atoms with Crippen molar-refractivity contribution in [1.82, 2.24) is 24.8 Å². The smallest absolute Gasteiger partial charge is 0.319 e. The highest BCUT2D eigenvalue weighted by molar-refractivity contribution is 6.30. The highest BCUT2D eigenvalue weighted by Crippen LogP contribution is 2.13. The molecule has 0 aliphatic rings. The van der Waals surface area contributed by atoms with E-state index in [2.05, 4.69) is 30.9 Å². The largest absolute Gasteiger partial charge is 0.368 e. The van der Waals surface area contributed by atoms with Crippen molar-refractivity contribution in [3.8, 4) is 5.82 Å². The zero-order valence-electron chi connectivity index (χ0n) is 15.0. The number of hydrogen-bond donors (Lipinski definition) is 3. The fraction of sp³-hybridized carbons (Fsp3) is 0.222. The van der Waals surface area contributed by atoms with Crippen LogP contribution in [0.1, 0.15) is 11.6 Å². The van der Waals surface area contributed by atoms with Gasteiger partial charge in [-0.1, -0.05) is 11.6 Å². The number of carbonyl (C=O) groups is 1. The Kier molecular flexibility index (Phi) is 5.87. The summed E-state index contributed by atoms with van der Waals surface area (Å²) in [6.07, 6.45) is 3.58. The van der Waals surface area contributed by atoms with Gasteiger partial charge in [-0.25, -0.2) is 19.7 Å². The number of anilines is 2. The summed E-state index contributed by atoms with van der Waals surface area (Å²) in [7, 11) is 0. The molecule has 0 saturated carbocycles. The fourth-order valence-electron chi connectivity index (χ4n) is 2.46. The van der Waals surface area contributed by atoms with E-state index in [1.54, 1.807) is 30.5 Å². The van der Waals surface area contributed by atoms with Crippen LogP contribution in [0.2, 0.25) is 5.02 Å². The zero-order valence-corrected chi connectivity index (χ0v) is 15.8. The van der Waals surface area contributed by atoms with Crippen molar-refractivity contribution in [2.24, 2.45) is 0 Å². The number of aromatic nitrogens is 4. The van der Waals surface area contributed by atoms with Crippen molar-refractivity contribution in [2.75, 3.05) is 23.7 Å². The first-order valence-electron chi connectivity index (χ1n) is 8.41. The monoisotopic (exact) mass is 385 g/mol. The standard InChI is InChI=1S/C18H20ClN7O/c1-12-23-16(11-17(24-12)26-10-9-20-13(26)2)21-7-8-22-18(27)25-15-5-3-14(19)4-6-15/h3-6,9-11H,7-8H2,1-2H3,(H,21,23,24)(H2,22,25,27). The Morgan fingerprint density at radius 1 is 1.15 bits per heavy atom. The number of amides is 2. The summed E-state index contributed by atoms with van der Waals surface area (Å²) >= 11 is 5.82. The summed E-state index contributed by atoms with van der Waals surface area (Å²) in [6, 6.07) is 8.47. The third-order valence-electron chi connectivity index (χ3n) is 3.72. The molecule has 2 heterocycles. The van der Waals surface area contributed by atoms with Gasteiger partial charge in [0.2, 0.25) is 0 Å². The molecule has 0 aliphatic carbocycles. The number of nitrogens with one attached hydrogen (secondary N) is 3. The van der Waals surface area contributed by atoms with E-state index in [1.165, 1.54) is 0 Å². The van der Waals surface area contributed by atoms with Gasteiger partial charge in [-0.3, -0.25) is 4.57 Å². The molecule has 2 aromatic heterocycles. The predicted molar refractivity (Wildman–Crippen MR) is 106 cm³/mol. The molecule has 0 atom stereocenters. The van der Waals surface area contributed by atoms with Crippen molar-refractivity contribution in [2.45, 2.75) is 13.8 Å². The number of aryl methyl sites for hydroxylation is 2. The summed E-state index contributed by atoms with van der Waals surface area (Å²) in [5, 5.41) is 9.33. The van der Waals surface area contributed by atoms with E-state index in [4.69, 9.17) is 11.6 Å². The number of urea groups is 1. The molecule has 0 radical (unpaired) electrons. The van der Waals surface area contributed by atoms with Crippen LogP contribution >= 0.6 is 11.6 Å². The average Bonchev–Trinajstić information content (AvgIpc) is 3.06. The lowest BCUT2D eigenvalue weighted by molar-refractivity contribution is 0.252. The molecule has 0 saturated heterocycles. The Bertz CT molecular complexity index is 924. The zero-order chi connectivity index (χ0) is 19.2. The maximum atomic E-state index is 11.9. The Balaban J connectivity index is 1.50. The first-order chi connectivity index (χ1) is 13.0. The lowest BCUT2D eigenvalue weighted by Gasteiger charge is -2.11. The number of carbonyl (C=O) groups excluding carboxylic acids is 1. The minimum Gasteiger partial charge on any atom is -0.368 e. The first-order valence-corrected chi connectivity index (χ1v) is 8.79. The summed E-state index contributed by atoms with van der Waals surface area (Å²) in [5.74, 6) is 2.93. The molecule has 140 valence electrons. The average molecular weight is 386 g/mol. The normalized spacial score (nSPS) is 10.5. The number of benzene rings is 1. The van der Waals surface area contributed by atoms with Crippen molar-refractivity contribution in [3.05, 3.63) is 59.4 Å². The van der Waals surface area contributed by atoms with Gasteiger partial charge in [0.1, 0.15) is 23.3 Å². The van der Waals surface area contributed by atoms with Crippen LogP contribution in [-0.2, 0) is 0 Å². The minimum atomic E-state index is -0.285. The van der Waals surface area contributed by atoms with Crippen LogP contribution in [0.3, 0.4) is 0 Å². The number of nitrogens with zero attached hydrogens (tertiary/aromatic N) is 4. The molecule has 0 fully saturated rings. The molecule has 0 spiro atoms. The maximum Gasteiger partial charge on any atom is 0.319 e. The van der Waals surface area contributed by atoms with Gasteiger partial charge in [0.05, 0.1) is 0 Å². The van der Waals surface area contributed by atoms with Crippen LogP contribution in [0.25, 0.3) is 5.82 Å². The second-order valence-corrected chi connectivity index (χ2v) is 6.25. The van der Waals surface area contributed by atoms with Gasteiger partial charge in [0.15, 0.2) is 0 Å². The van der Waals surface area contributed by atoms with Crippen molar-refractivity contribution in [1.29, 1.82) is 0 Å². The lowest BCUT2D eigenvalue weighted by Crippen LogP contribution is -2.32. The second-order valence-electron chi connectivity index (χ2n) is 5.82. The van der Waals surface area contributed by atoms with E-state index in [1.807, 2.05) is 30.7 Å². The maximum absolute atomic E-state index is 11.9. The molecule has 2 amide bonds. The van der Waals surface area contributed by atoms with Gasteiger partial charge in [-0.05, 0) is 38.1 Å². The topological polar surface area (TPSA) is 96.8 Å². The molecule has 1 aromatic carbocycles. The van der Waals surface area contributed by atoms with Gasteiger partial charge in [0.25, 0.3) is 0 Å². The number of halogens is 1. The Morgan fingerprint density at radius 2 is 1.93 bits per heavy atom. The molecule has 0 bridgehead atoms. The number of imidazole rings is 1. The van der Waals surface area contributed by atoms with Crippen LogP contribution in [-0.4, -0.2) is 38.6 Å². The number of hydrogen-bond acceptors (Lipinski definition) is 5. The summed E-state index contributed by atoms with van der Waals surface area (Å²) in [4.78, 5) is 24.9. The molecule has 8 nitrogen and oxygen atoms in total. The third kappa shape index (κ3) is 5.18. The summed E-state index contributed by atoms with van der Waals surface area (Å²) in [5.41, 5.74) is 0.677. The van der Waals surface area contributed by atoms with E-state index in [9.17, 15) is 4.79 Å². The van der Waals surface area contributed by atoms with Crippen LogP contribution in [0.5, 0.6) is 0 Å². The number of rotatable bonds is 6. The van der Waals surface area contributed by atoms with Gasteiger partial charge in [0, 0.05) is 42.3 Å². The van der Waals surface area contributed by atoms with Crippen LogP contribution < -0.4 is 16.0 Å². The van der Waals surface area contributed by atoms with Gasteiger partial charge < -0.3 is 16.0 Å². The molecular formula is C18H20ClN7O. The molecule has 3 N–H and O–H groups in total. The van der Waals surface area contributed by atoms with E-state index in [-0.39, 0.29) is 6.03 Å². The quantitative estimate of drug-likeness (QED) is 0.566. The molecule has 0 unspecified atom stereocenters. The molecule has 3 aromatic rings. The Morgan fingerprint density at radius 3 is 2.63 bits per heavy atom.